The molecule has 5 heterocycles. The van der Waals surface area contributed by atoms with Gasteiger partial charge >= 0.3 is 5.69 Å². The predicted octanol–water partition coefficient (Wildman–Crippen LogP) is 1.83. The van der Waals surface area contributed by atoms with Crippen LogP contribution in [-0.2, 0) is 13.6 Å². The van der Waals surface area contributed by atoms with Gasteiger partial charge in [-0.2, -0.15) is 0 Å². The molecular weight excluding hydrogens is 356 g/mol. The molecule has 140 valence electrons. The van der Waals surface area contributed by atoms with E-state index < -0.39 is 0 Å². The van der Waals surface area contributed by atoms with E-state index in [2.05, 4.69) is 15.0 Å². The second-order valence-electron chi connectivity index (χ2n) is 7.03. The third-order valence-corrected chi connectivity index (χ3v) is 5.24. The van der Waals surface area contributed by atoms with Crippen LogP contribution in [0.1, 0.15) is 24.2 Å². The number of hydrogen-bond donors (Lipinski definition) is 1. The van der Waals surface area contributed by atoms with E-state index in [1.165, 1.54) is 4.57 Å². The number of imidazole rings is 1. The summed E-state index contributed by atoms with van der Waals surface area (Å²) in [5.74, 6) is 0. The fourth-order valence-electron chi connectivity index (χ4n) is 3.66. The van der Waals surface area contributed by atoms with E-state index in [4.69, 9.17) is 4.98 Å². The van der Waals surface area contributed by atoms with Gasteiger partial charge in [-0.15, -0.1) is 0 Å². The molecule has 1 aliphatic heterocycles. The normalized spacial score (nSPS) is 14.1. The molecule has 0 saturated carbocycles. The van der Waals surface area contributed by atoms with Crippen molar-refractivity contribution in [3.63, 3.8) is 0 Å². The molecule has 0 saturated heterocycles. The Morgan fingerprint density at radius 2 is 2.11 bits per heavy atom. The van der Waals surface area contributed by atoms with Crippen molar-refractivity contribution in [2.45, 2.75) is 19.5 Å². The van der Waals surface area contributed by atoms with E-state index in [-0.39, 0.29) is 18.3 Å². The summed E-state index contributed by atoms with van der Waals surface area (Å²) in [6, 6.07) is 5.45. The van der Waals surface area contributed by atoms with Gasteiger partial charge in [0.05, 0.1) is 53.3 Å². The number of rotatable bonds is 3. The Morgan fingerprint density at radius 3 is 2.93 bits per heavy atom. The predicted molar refractivity (Wildman–Crippen MR) is 107 cm³/mol. The molecule has 1 aliphatic rings. The molecule has 0 unspecified atom stereocenters. The summed E-state index contributed by atoms with van der Waals surface area (Å²) in [5.41, 5.74) is 6.07. The Bertz CT molecular complexity index is 1330. The molecule has 8 nitrogen and oxygen atoms in total. The van der Waals surface area contributed by atoms with Gasteiger partial charge in [-0.1, -0.05) is 0 Å². The highest BCUT2D eigenvalue weighted by Gasteiger charge is 2.20. The van der Waals surface area contributed by atoms with Gasteiger partial charge in [0, 0.05) is 30.6 Å². The summed E-state index contributed by atoms with van der Waals surface area (Å²) in [7, 11) is 1.70. The molecule has 0 aliphatic carbocycles. The highest BCUT2D eigenvalue weighted by molar-refractivity contribution is 6.00. The quantitative estimate of drug-likeness (QED) is 0.590. The highest BCUT2D eigenvalue weighted by atomic mass is 16.3. The molecule has 4 aromatic heterocycles. The summed E-state index contributed by atoms with van der Waals surface area (Å²) in [4.78, 5) is 30.8. The molecule has 0 spiro atoms. The van der Waals surface area contributed by atoms with Gasteiger partial charge in [-0.3, -0.25) is 24.1 Å². The number of fused-ring (bicyclic) bond motifs is 4. The highest BCUT2D eigenvalue weighted by Crippen LogP contribution is 2.27. The van der Waals surface area contributed by atoms with Crippen LogP contribution >= 0.6 is 0 Å². The van der Waals surface area contributed by atoms with E-state index in [1.54, 1.807) is 30.9 Å². The Balaban J connectivity index is 1.81. The molecule has 0 bridgehead atoms. The summed E-state index contributed by atoms with van der Waals surface area (Å²) < 4.78 is 3.12. The third kappa shape index (κ3) is 2.31. The zero-order valence-electron chi connectivity index (χ0n) is 15.5. The second-order valence-corrected chi connectivity index (χ2v) is 7.03. The number of hydrogen-bond acceptors (Lipinski definition) is 6. The molecular formula is C20H18N6O2. The Hall–Kier alpha value is -3.39. The fraction of sp³-hybridized carbons (Fsp3) is 0.250. The minimum atomic E-state index is -0.370. The summed E-state index contributed by atoms with van der Waals surface area (Å²) in [5, 5.41) is 9.65. The van der Waals surface area contributed by atoms with E-state index >= 15 is 0 Å². The molecule has 0 radical (unpaired) electrons. The molecule has 28 heavy (non-hydrogen) atoms. The van der Waals surface area contributed by atoms with Crippen LogP contribution in [0, 0.1) is 0 Å². The molecule has 0 fully saturated rings. The van der Waals surface area contributed by atoms with Crippen molar-refractivity contribution in [2.24, 2.45) is 12.0 Å². The van der Waals surface area contributed by atoms with Crippen molar-refractivity contribution >= 4 is 28.3 Å². The first-order chi connectivity index (χ1) is 13.6. The van der Waals surface area contributed by atoms with Crippen LogP contribution in [0.2, 0.25) is 0 Å². The maximum Gasteiger partial charge on any atom is 0.329 e. The molecule has 5 rings (SSSR count). The van der Waals surface area contributed by atoms with Crippen LogP contribution in [0.25, 0.3) is 33.3 Å². The molecule has 8 heteroatoms. The van der Waals surface area contributed by atoms with Crippen LogP contribution in [0.15, 0.2) is 40.4 Å². The van der Waals surface area contributed by atoms with Gasteiger partial charge in [-0.05, 0) is 25.1 Å². The van der Waals surface area contributed by atoms with Gasteiger partial charge in [0.2, 0.25) is 0 Å². The van der Waals surface area contributed by atoms with Crippen molar-refractivity contribution in [1.29, 1.82) is 0 Å². The van der Waals surface area contributed by atoms with Crippen molar-refractivity contribution in [2.75, 3.05) is 6.61 Å². The van der Waals surface area contributed by atoms with Gasteiger partial charge in [0.15, 0.2) is 0 Å². The van der Waals surface area contributed by atoms with E-state index in [0.717, 1.165) is 22.5 Å². The lowest BCUT2D eigenvalue weighted by molar-refractivity contribution is 0.238. The van der Waals surface area contributed by atoms with Gasteiger partial charge in [-0.25, -0.2) is 9.78 Å². The van der Waals surface area contributed by atoms with Crippen molar-refractivity contribution in [1.82, 2.24) is 24.1 Å². The molecule has 0 aromatic carbocycles. The Labute approximate surface area is 159 Å². The lowest BCUT2D eigenvalue weighted by Crippen LogP contribution is -2.26. The Morgan fingerprint density at radius 1 is 1.25 bits per heavy atom. The van der Waals surface area contributed by atoms with Crippen molar-refractivity contribution in [3.8, 4) is 11.3 Å². The number of aliphatic hydroxyl groups excluding tert-OH is 1. The minimum Gasteiger partial charge on any atom is -0.394 e. The largest absolute Gasteiger partial charge is 0.394 e. The SMILES string of the molecule is C[C@H](CO)n1c(=O)n(C)c2cnc3ccc(-c4cnc5c(c4)C=NC5)nc3c21. The van der Waals surface area contributed by atoms with E-state index in [9.17, 15) is 9.90 Å². The third-order valence-electron chi connectivity index (χ3n) is 5.24. The lowest BCUT2D eigenvalue weighted by Gasteiger charge is -2.11. The maximum absolute atomic E-state index is 12.7. The molecule has 4 aromatic rings. The van der Waals surface area contributed by atoms with E-state index in [0.29, 0.717) is 28.6 Å². The summed E-state index contributed by atoms with van der Waals surface area (Å²) >= 11 is 0. The van der Waals surface area contributed by atoms with Crippen LogP contribution in [0.5, 0.6) is 0 Å². The zero-order valence-corrected chi connectivity index (χ0v) is 15.5. The Kier molecular flexibility index (Phi) is 3.63. The molecule has 1 N–H and O–H groups in total. The van der Waals surface area contributed by atoms with Crippen LogP contribution in [-0.4, -0.2) is 42.0 Å². The summed E-state index contributed by atoms with van der Waals surface area (Å²) in [6.45, 7) is 2.28. The monoisotopic (exact) mass is 374 g/mol. The summed E-state index contributed by atoms with van der Waals surface area (Å²) in [6.07, 6.45) is 5.29. The lowest BCUT2D eigenvalue weighted by atomic mass is 10.1. The first-order valence-corrected chi connectivity index (χ1v) is 9.05. The van der Waals surface area contributed by atoms with E-state index in [1.807, 2.05) is 24.4 Å². The smallest absolute Gasteiger partial charge is 0.329 e. The number of aliphatic imine (C=N–C) groups is 1. The number of aromatic nitrogens is 5. The number of pyridine rings is 3. The van der Waals surface area contributed by atoms with Crippen LogP contribution in [0.4, 0.5) is 0 Å². The van der Waals surface area contributed by atoms with Gasteiger partial charge in [0.1, 0.15) is 5.52 Å². The van der Waals surface area contributed by atoms with Gasteiger partial charge in [0.25, 0.3) is 0 Å². The average molecular weight is 374 g/mol. The first kappa shape index (κ1) is 16.8. The fourth-order valence-corrected chi connectivity index (χ4v) is 3.66. The van der Waals surface area contributed by atoms with Crippen molar-refractivity contribution in [3.05, 3.63) is 52.3 Å². The second kappa shape index (κ2) is 6.07. The number of nitrogens with zero attached hydrogens (tertiary/aromatic N) is 6. The molecule has 1 atom stereocenters. The number of aryl methyl sites for hydroxylation is 1. The molecule has 0 amide bonds. The van der Waals surface area contributed by atoms with Crippen molar-refractivity contribution < 1.29 is 5.11 Å². The maximum atomic E-state index is 12.7. The average Bonchev–Trinajstić information content (AvgIpc) is 3.29. The zero-order chi connectivity index (χ0) is 19.4. The minimum absolute atomic E-state index is 0.142. The number of aliphatic hydroxyl groups is 1. The standard InChI is InChI=1S/C20H18N6O2/c1-11(10-27)26-19-17(25(2)20(26)28)9-23-15-4-3-14(24-18(15)19)13-5-12-6-21-8-16(12)22-7-13/h3-7,9,11,27H,8,10H2,1-2H3/t11-/m1/s1. The van der Waals surface area contributed by atoms with Gasteiger partial charge < -0.3 is 5.11 Å². The van der Waals surface area contributed by atoms with Crippen LogP contribution < -0.4 is 5.69 Å². The first-order valence-electron chi connectivity index (χ1n) is 9.05. The van der Waals surface area contributed by atoms with Crippen LogP contribution in [0.3, 0.4) is 0 Å². The topological polar surface area (TPSA) is 98.2 Å².